The van der Waals surface area contributed by atoms with E-state index < -0.39 is 0 Å². The number of aryl methyl sites for hydroxylation is 1. The quantitative estimate of drug-likeness (QED) is 0.676. The van der Waals surface area contributed by atoms with Crippen molar-refractivity contribution in [1.82, 2.24) is 10.2 Å². The molecular formula is C15H13FN4O. The summed E-state index contributed by atoms with van der Waals surface area (Å²) in [7, 11) is 0. The summed E-state index contributed by atoms with van der Waals surface area (Å²) in [5.41, 5.74) is 7.22. The molecule has 4 N–H and O–H groups in total. The molecule has 0 aliphatic carbocycles. The number of nitrogens with zero attached hydrogens (tertiary/aromatic N) is 1. The van der Waals surface area contributed by atoms with E-state index in [1.54, 1.807) is 31.2 Å². The van der Waals surface area contributed by atoms with E-state index in [0.717, 1.165) is 0 Å². The predicted molar refractivity (Wildman–Crippen MR) is 79.6 cm³/mol. The summed E-state index contributed by atoms with van der Waals surface area (Å²) in [6.07, 6.45) is 0. The zero-order chi connectivity index (χ0) is 15.0. The third kappa shape index (κ3) is 2.20. The molecule has 0 saturated carbocycles. The Bertz CT molecular complexity index is 841. The minimum Gasteiger partial charge on any atom is -0.394 e. The van der Waals surface area contributed by atoms with Crippen LogP contribution in [0.25, 0.3) is 10.8 Å². The molecule has 3 aromatic rings. The van der Waals surface area contributed by atoms with Crippen molar-refractivity contribution in [3.05, 3.63) is 53.5 Å². The molecule has 106 valence electrons. The van der Waals surface area contributed by atoms with E-state index in [2.05, 4.69) is 15.5 Å². The number of nitrogens with two attached hydrogens (primary N) is 1. The van der Waals surface area contributed by atoms with Crippen molar-refractivity contribution in [2.24, 2.45) is 0 Å². The van der Waals surface area contributed by atoms with Gasteiger partial charge in [-0.3, -0.25) is 9.89 Å². The van der Waals surface area contributed by atoms with Gasteiger partial charge < -0.3 is 11.1 Å². The molecule has 1 aromatic heterocycles. The summed E-state index contributed by atoms with van der Waals surface area (Å²) >= 11 is 0. The van der Waals surface area contributed by atoms with Crippen LogP contribution in [0, 0.1) is 12.7 Å². The summed E-state index contributed by atoms with van der Waals surface area (Å²) in [6, 6.07) is 9.54. The van der Waals surface area contributed by atoms with Crippen LogP contribution in [0.4, 0.5) is 15.9 Å². The average molecular weight is 284 g/mol. The molecule has 0 atom stereocenters. The number of halogens is 1. The van der Waals surface area contributed by atoms with Crippen LogP contribution in [0.2, 0.25) is 0 Å². The molecule has 1 heterocycles. The number of hydrogen-bond donors (Lipinski definition) is 3. The van der Waals surface area contributed by atoms with E-state index in [4.69, 9.17) is 5.73 Å². The van der Waals surface area contributed by atoms with E-state index in [9.17, 15) is 9.18 Å². The summed E-state index contributed by atoms with van der Waals surface area (Å²) in [5.74, 6) is -0.479. The van der Waals surface area contributed by atoms with E-state index in [1.807, 2.05) is 0 Å². The van der Waals surface area contributed by atoms with Crippen molar-refractivity contribution < 1.29 is 9.18 Å². The lowest BCUT2D eigenvalue weighted by Crippen LogP contribution is -2.14. The van der Waals surface area contributed by atoms with Gasteiger partial charge in [0.2, 0.25) is 0 Å². The molecule has 5 nitrogen and oxygen atoms in total. The van der Waals surface area contributed by atoms with Gasteiger partial charge in [-0.05, 0) is 24.4 Å². The van der Waals surface area contributed by atoms with Crippen LogP contribution in [0.3, 0.4) is 0 Å². The van der Waals surface area contributed by atoms with E-state index >= 15 is 0 Å². The molecule has 0 spiro atoms. The Morgan fingerprint density at radius 3 is 2.62 bits per heavy atom. The summed E-state index contributed by atoms with van der Waals surface area (Å²) < 4.78 is 13.8. The number of carbonyl (C=O) groups excluding carboxylic acids is 1. The summed E-state index contributed by atoms with van der Waals surface area (Å²) in [4.78, 5) is 12.4. The smallest absolute Gasteiger partial charge is 0.257 e. The highest BCUT2D eigenvalue weighted by molar-refractivity contribution is 6.13. The fourth-order valence-electron chi connectivity index (χ4n) is 2.17. The molecule has 2 aromatic carbocycles. The van der Waals surface area contributed by atoms with Crippen molar-refractivity contribution in [3.8, 4) is 0 Å². The van der Waals surface area contributed by atoms with Gasteiger partial charge in [0, 0.05) is 10.9 Å². The highest BCUT2D eigenvalue weighted by Gasteiger charge is 2.15. The number of anilines is 2. The Hall–Kier alpha value is -2.89. The van der Waals surface area contributed by atoms with Gasteiger partial charge in [-0.25, -0.2) is 4.39 Å². The molecule has 0 saturated heterocycles. The number of benzene rings is 2. The topological polar surface area (TPSA) is 83.8 Å². The maximum absolute atomic E-state index is 13.8. The molecule has 1 amide bonds. The van der Waals surface area contributed by atoms with Crippen molar-refractivity contribution in [2.75, 3.05) is 11.1 Å². The van der Waals surface area contributed by atoms with Gasteiger partial charge in [0.15, 0.2) is 5.82 Å². The van der Waals surface area contributed by atoms with Crippen molar-refractivity contribution in [2.45, 2.75) is 6.92 Å². The van der Waals surface area contributed by atoms with Crippen LogP contribution >= 0.6 is 0 Å². The number of aromatic nitrogens is 2. The second-order valence-electron chi connectivity index (χ2n) is 4.71. The number of carbonyl (C=O) groups is 1. The van der Waals surface area contributed by atoms with Gasteiger partial charge in [0.25, 0.3) is 5.91 Å². The van der Waals surface area contributed by atoms with Crippen molar-refractivity contribution >= 4 is 28.2 Å². The normalized spacial score (nSPS) is 10.8. The van der Waals surface area contributed by atoms with Crippen LogP contribution in [-0.2, 0) is 0 Å². The molecule has 0 unspecified atom stereocenters. The molecule has 3 rings (SSSR count). The Balaban J connectivity index is 2.03. The number of nitrogen functional groups attached to an aromatic ring is 1. The minimum absolute atomic E-state index is 0.269. The third-order valence-corrected chi connectivity index (χ3v) is 3.34. The number of rotatable bonds is 2. The third-order valence-electron chi connectivity index (χ3n) is 3.34. The van der Waals surface area contributed by atoms with Gasteiger partial charge in [-0.1, -0.05) is 24.3 Å². The van der Waals surface area contributed by atoms with Crippen LogP contribution < -0.4 is 11.1 Å². The molecule has 6 heteroatoms. The Kier molecular flexibility index (Phi) is 3.06. The number of fused-ring (bicyclic) bond motifs is 1. The van der Waals surface area contributed by atoms with Crippen LogP contribution in [-0.4, -0.2) is 16.1 Å². The zero-order valence-corrected chi connectivity index (χ0v) is 11.3. The lowest BCUT2D eigenvalue weighted by molar-refractivity contribution is 0.102. The number of H-pyrrole nitrogens is 1. The Morgan fingerprint density at radius 1 is 1.24 bits per heavy atom. The molecule has 0 aliphatic rings. The monoisotopic (exact) mass is 284 g/mol. The fraction of sp³-hybridized carbons (Fsp3) is 0.0667. The maximum atomic E-state index is 13.8. The molecule has 0 bridgehead atoms. The van der Waals surface area contributed by atoms with Crippen LogP contribution in [0.1, 0.15) is 16.1 Å². The van der Waals surface area contributed by atoms with Gasteiger partial charge in [-0.15, -0.1) is 0 Å². The summed E-state index contributed by atoms with van der Waals surface area (Å²) in [6.45, 7) is 1.76. The first-order valence-corrected chi connectivity index (χ1v) is 6.37. The fourth-order valence-corrected chi connectivity index (χ4v) is 2.17. The number of amides is 1. The molecule has 0 aliphatic heterocycles. The second-order valence-corrected chi connectivity index (χ2v) is 4.71. The average Bonchev–Trinajstić information content (AvgIpc) is 2.80. The maximum Gasteiger partial charge on any atom is 0.257 e. The standard InChI is InChI=1S/C15H13FN4O/c1-8-13(17)14(20-19-8)18-15(21)11-6-7-12(16)10-5-3-2-4-9(10)11/h2-7H,17H2,1H3,(H2,18,19,20,21). The lowest BCUT2D eigenvalue weighted by atomic mass is 10.0. The molecule has 0 radical (unpaired) electrons. The number of nitrogens with one attached hydrogen (secondary N) is 2. The van der Waals surface area contributed by atoms with Crippen LogP contribution in [0.15, 0.2) is 36.4 Å². The van der Waals surface area contributed by atoms with Crippen molar-refractivity contribution in [3.63, 3.8) is 0 Å². The Labute approximate surface area is 120 Å². The molecule has 0 fully saturated rings. The number of hydrogen-bond acceptors (Lipinski definition) is 3. The Morgan fingerprint density at radius 2 is 1.95 bits per heavy atom. The largest absolute Gasteiger partial charge is 0.394 e. The predicted octanol–water partition coefficient (Wildman–Crippen LogP) is 2.84. The first-order valence-electron chi connectivity index (χ1n) is 6.37. The highest BCUT2D eigenvalue weighted by Crippen LogP contribution is 2.24. The van der Waals surface area contributed by atoms with E-state index in [1.165, 1.54) is 12.1 Å². The van der Waals surface area contributed by atoms with E-state index in [0.29, 0.717) is 27.7 Å². The molecule has 21 heavy (non-hydrogen) atoms. The minimum atomic E-state index is -0.385. The second kappa shape index (κ2) is 4.90. The first kappa shape index (κ1) is 13.1. The van der Waals surface area contributed by atoms with Gasteiger partial charge in [0.1, 0.15) is 5.82 Å². The molecular weight excluding hydrogens is 271 g/mol. The highest BCUT2D eigenvalue weighted by atomic mass is 19.1. The number of aromatic amines is 1. The zero-order valence-electron chi connectivity index (χ0n) is 11.3. The van der Waals surface area contributed by atoms with Gasteiger partial charge in [-0.2, -0.15) is 5.10 Å². The van der Waals surface area contributed by atoms with Crippen molar-refractivity contribution in [1.29, 1.82) is 0 Å². The first-order chi connectivity index (χ1) is 10.1. The van der Waals surface area contributed by atoms with Gasteiger partial charge >= 0.3 is 0 Å². The summed E-state index contributed by atoms with van der Waals surface area (Å²) in [5, 5.41) is 10.2. The van der Waals surface area contributed by atoms with Gasteiger partial charge in [0.05, 0.1) is 11.4 Å². The lowest BCUT2D eigenvalue weighted by Gasteiger charge is -2.07. The SMILES string of the molecule is Cc1[nH]nc(NC(=O)c2ccc(F)c3ccccc23)c1N. The van der Waals surface area contributed by atoms with Crippen LogP contribution in [0.5, 0.6) is 0 Å². The van der Waals surface area contributed by atoms with E-state index in [-0.39, 0.29) is 17.5 Å².